The van der Waals surface area contributed by atoms with E-state index in [2.05, 4.69) is 27.5 Å². The smallest absolute Gasteiger partial charge is 0.244 e. The van der Waals surface area contributed by atoms with E-state index < -0.39 is 0 Å². The van der Waals surface area contributed by atoms with E-state index in [-0.39, 0.29) is 5.91 Å². The Morgan fingerprint density at radius 1 is 1.06 bits per heavy atom. The predicted octanol–water partition coefficient (Wildman–Crippen LogP) is 3.49. The van der Waals surface area contributed by atoms with E-state index in [1.807, 2.05) is 66.7 Å². The van der Waals surface area contributed by atoms with Gasteiger partial charge in [-0.1, -0.05) is 30.3 Å². The molecule has 4 aromatic rings. The van der Waals surface area contributed by atoms with Gasteiger partial charge in [0.15, 0.2) is 0 Å². The van der Waals surface area contributed by atoms with Gasteiger partial charge >= 0.3 is 0 Å². The number of amides is 1. The number of nitrogens with zero attached hydrogens (tertiary/aromatic N) is 5. The van der Waals surface area contributed by atoms with Crippen molar-refractivity contribution in [2.24, 2.45) is 7.05 Å². The minimum atomic E-state index is -0.121. The van der Waals surface area contributed by atoms with Crippen LogP contribution in [-0.2, 0) is 24.8 Å². The van der Waals surface area contributed by atoms with Crippen LogP contribution in [0, 0.1) is 0 Å². The molecule has 0 saturated heterocycles. The maximum absolute atomic E-state index is 12.3. The minimum absolute atomic E-state index is 0.121. The second-order valence-corrected chi connectivity index (χ2v) is 7.61. The van der Waals surface area contributed by atoms with Gasteiger partial charge in [-0.15, -0.1) is 0 Å². The van der Waals surface area contributed by atoms with Crippen molar-refractivity contribution in [3.05, 3.63) is 96.2 Å². The molecule has 32 heavy (non-hydrogen) atoms. The average Bonchev–Trinajstić information content (AvgIpc) is 3.42. The molecule has 0 unspecified atom stereocenters. The molecule has 7 heteroatoms. The first kappa shape index (κ1) is 21.2. The van der Waals surface area contributed by atoms with Crippen LogP contribution in [0.25, 0.3) is 17.3 Å². The Balaban J connectivity index is 1.41. The van der Waals surface area contributed by atoms with Crippen molar-refractivity contribution < 1.29 is 4.79 Å². The zero-order valence-corrected chi connectivity index (χ0v) is 18.1. The predicted molar refractivity (Wildman–Crippen MR) is 125 cm³/mol. The summed E-state index contributed by atoms with van der Waals surface area (Å²) >= 11 is 0. The van der Waals surface area contributed by atoms with Crippen LogP contribution in [0.2, 0.25) is 0 Å². The highest BCUT2D eigenvalue weighted by Crippen LogP contribution is 2.23. The van der Waals surface area contributed by atoms with Gasteiger partial charge in [-0.2, -0.15) is 10.2 Å². The van der Waals surface area contributed by atoms with Crippen molar-refractivity contribution in [1.82, 2.24) is 29.9 Å². The van der Waals surface area contributed by atoms with Crippen molar-refractivity contribution in [1.29, 1.82) is 0 Å². The zero-order chi connectivity index (χ0) is 22.2. The van der Waals surface area contributed by atoms with Crippen LogP contribution >= 0.6 is 0 Å². The highest BCUT2D eigenvalue weighted by molar-refractivity contribution is 5.92. The number of carbonyl (C=O) groups excluding carboxylic acids is 1. The summed E-state index contributed by atoms with van der Waals surface area (Å²) in [5.41, 5.74) is 4.92. The number of carbonyl (C=O) groups is 1. The lowest BCUT2D eigenvalue weighted by atomic mass is 10.1. The number of aryl methyl sites for hydroxylation is 2. The summed E-state index contributed by atoms with van der Waals surface area (Å²) in [5.74, 6) is -0.121. The number of benzene rings is 1. The Hall–Kier alpha value is -4.00. The van der Waals surface area contributed by atoms with Crippen LogP contribution in [0.5, 0.6) is 0 Å². The molecule has 3 heterocycles. The van der Waals surface area contributed by atoms with E-state index >= 15 is 0 Å². The van der Waals surface area contributed by atoms with E-state index in [9.17, 15) is 4.79 Å². The number of nitrogens with one attached hydrogen (secondary N) is 1. The summed E-state index contributed by atoms with van der Waals surface area (Å²) in [4.78, 5) is 16.5. The lowest BCUT2D eigenvalue weighted by Gasteiger charge is -2.01. The van der Waals surface area contributed by atoms with Gasteiger partial charge in [0.2, 0.25) is 5.91 Å². The summed E-state index contributed by atoms with van der Waals surface area (Å²) < 4.78 is 3.68. The summed E-state index contributed by atoms with van der Waals surface area (Å²) in [6, 6.07) is 14.0. The molecule has 0 aliphatic rings. The standard InChI is InChI=1S/C25H26N6O/c1-30-17-21(15-28-30)9-5-14-27-24(32)12-11-23-19-31(18-20-7-3-2-4-8-20)29-25(23)22-10-6-13-26-16-22/h2-4,6-8,10-13,15-17,19H,5,9,14,18H2,1H3,(H,27,32)/b12-11+. The largest absolute Gasteiger partial charge is 0.353 e. The molecule has 1 N–H and O–H groups in total. The van der Waals surface area contributed by atoms with Crippen LogP contribution in [0.4, 0.5) is 0 Å². The fourth-order valence-corrected chi connectivity index (χ4v) is 3.47. The third-order valence-corrected chi connectivity index (χ3v) is 5.03. The first-order valence-electron chi connectivity index (χ1n) is 10.6. The first-order valence-corrected chi connectivity index (χ1v) is 10.6. The van der Waals surface area contributed by atoms with Gasteiger partial charge in [0, 0.05) is 55.6 Å². The molecule has 0 aliphatic carbocycles. The van der Waals surface area contributed by atoms with Gasteiger partial charge in [0.1, 0.15) is 5.69 Å². The third kappa shape index (κ3) is 5.78. The molecule has 0 fully saturated rings. The molecule has 0 atom stereocenters. The highest BCUT2D eigenvalue weighted by atomic mass is 16.1. The Morgan fingerprint density at radius 3 is 2.69 bits per heavy atom. The molecule has 3 aromatic heterocycles. The van der Waals surface area contributed by atoms with Crippen LogP contribution in [0.3, 0.4) is 0 Å². The number of pyridine rings is 1. The zero-order valence-electron chi connectivity index (χ0n) is 18.1. The molecule has 7 nitrogen and oxygen atoms in total. The van der Waals surface area contributed by atoms with Crippen LogP contribution in [0.1, 0.15) is 23.1 Å². The molecule has 4 rings (SSSR count). The van der Waals surface area contributed by atoms with E-state index in [1.165, 1.54) is 5.56 Å². The van der Waals surface area contributed by atoms with Crippen molar-refractivity contribution in [2.45, 2.75) is 19.4 Å². The van der Waals surface area contributed by atoms with Crippen LogP contribution in [-0.4, -0.2) is 37.0 Å². The Bertz CT molecular complexity index is 1180. The molecule has 0 radical (unpaired) electrons. The van der Waals surface area contributed by atoms with Gasteiger partial charge in [0.25, 0.3) is 0 Å². The van der Waals surface area contributed by atoms with Gasteiger partial charge in [0.05, 0.1) is 12.7 Å². The van der Waals surface area contributed by atoms with Gasteiger partial charge in [-0.25, -0.2) is 0 Å². The Kier molecular flexibility index (Phi) is 6.87. The number of hydrogen-bond donors (Lipinski definition) is 1. The molecule has 0 spiro atoms. The lowest BCUT2D eigenvalue weighted by molar-refractivity contribution is -0.116. The molecule has 1 aromatic carbocycles. The summed E-state index contributed by atoms with van der Waals surface area (Å²) in [6.45, 7) is 1.27. The molecular weight excluding hydrogens is 400 g/mol. The maximum atomic E-state index is 12.3. The summed E-state index contributed by atoms with van der Waals surface area (Å²) in [6.07, 6.45) is 14.5. The quantitative estimate of drug-likeness (QED) is 0.328. The second kappa shape index (κ2) is 10.3. The normalized spacial score (nSPS) is 11.2. The molecular formula is C25H26N6O. The van der Waals surface area contributed by atoms with Crippen molar-refractivity contribution in [3.63, 3.8) is 0 Å². The van der Waals surface area contributed by atoms with Crippen molar-refractivity contribution in [2.75, 3.05) is 6.54 Å². The van der Waals surface area contributed by atoms with Crippen LogP contribution < -0.4 is 5.32 Å². The molecule has 162 valence electrons. The second-order valence-electron chi connectivity index (χ2n) is 7.61. The monoisotopic (exact) mass is 426 g/mol. The van der Waals surface area contributed by atoms with E-state index in [0.717, 1.165) is 35.2 Å². The SMILES string of the molecule is Cn1cc(CCCNC(=O)/C=C/c2cn(Cc3ccccc3)nc2-c2cccnc2)cn1. The Morgan fingerprint density at radius 2 is 1.94 bits per heavy atom. The minimum Gasteiger partial charge on any atom is -0.353 e. The van der Waals surface area contributed by atoms with Gasteiger partial charge in [-0.05, 0) is 42.2 Å². The van der Waals surface area contributed by atoms with Crippen molar-refractivity contribution in [3.8, 4) is 11.3 Å². The Labute approximate surface area is 187 Å². The maximum Gasteiger partial charge on any atom is 0.244 e. The van der Waals surface area contributed by atoms with Crippen LogP contribution in [0.15, 0.2) is 79.5 Å². The molecule has 0 aliphatic heterocycles. The summed E-state index contributed by atoms with van der Waals surface area (Å²) in [7, 11) is 1.90. The molecule has 0 bridgehead atoms. The van der Waals surface area contributed by atoms with E-state index in [4.69, 9.17) is 5.10 Å². The first-order chi connectivity index (χ1) is 15.7. The average molecular weight is 427 g/mol. The van der Waals surface area contributed by atoms with E-state index in [0.29, 0.717) is 13.1 Å². The third-order valence-electron chi connectivity index (χ3n) is 5.03. The number of rotatable bonds is 9. The number of hydrogen-bond acceptors (Lipinski definition) is 4. The van der Waals surface area contributed by atoms with Gasteiger partial charge < -0.3 is 5.32 Å². The van der Waals surface area contributed by atoms with Crippen molar-refractivity contribution >= 4 is 12.0 Å². The number of aromatic nitrogens is 5. The topological polar surface area (TPSA) is 77.6 Å². The van der Waals surface area contributed by atoms with E-state index in [1.54, 1.807) is 23.2 Å². The molecule has 0 saturated carbocycles. The highest BCUT2D eigenvalue weighted by Gasteiger charge is 2.10. The lowest BCUT2D eigenvalue weighted by Crippen LogP contribution is -2.22. The fourth-order valence-electron chi connectivity index (χ4n) is 3.47. The van der Waals surface area contributed by atoms with Gasteiger partial charge in [-0.3, -0.25) is 19.1 Å². The fraction of sp³-hybridized carbons (Fsp3) is 0.200. The summed E-state index contributed by atoms with van der Waals surface area (Å²) in [5, 5.41) is 11.9. The molecule has 1 amide bonds.